The minimum absolute atomic E-state index is 0.108. The summed E-state index contributed by atoms with van der Waals surface area (Å²) in [6.45, 7) is -0.158. The molecule has 3 N–H and O–H groups in total. The first-order valence-corrected chi connectivity index (χ1v) is 2.21. The lowest BCUT2D eigenvalue weighted by molar-refractivity contribution is -0.0395. The summed E-state index contributed by atoms with van der Waals surface area (Å²) >= 11 is 0. The molecule has 5 heteroatoms. The fourth-order valence-electron chi connectivity index (χ4n) is 0.249. The molecule has 1 radical (unpaired) electrons. The van der Waals surface area contributed by atoms with Crippen molar-refractivity contribution in [3.05, 3.63) is 0 Å². The topological polar surface area (TPSA) is 69.9 Å². The van der Waals surface area contributed by atoms with Crippen molar-refractivity contribution in [2.45, 2.75) is 12.7 Å². The molecule has 0 aromatic heterocycles. The van der Waals surface area contributed by atoms with Crippen LogP contribution in [0.4, 0.5) is 0 Å². The predicted octanol–water partition coefficient (Wildman–Crippen LogP) is -1.77. The molecule has 0 aliphatic rings. The van der Waals surface area contributed by atoms with E-state index in [9.17, 15) is 0 Å². The van der Waals surface area contributed by atoms with E-state index in [2.05, 4.69) is 4.65 Å². The molecule has 0 rings (SSSR count). The third-order valence-electron chi connectivity index (χ3n) is 0.594. The fourth-order valence-corrected chi connectivity index (χ4v) is 0.249. The van der Waals surface area contributed by atoms with E-state index in [0.717, 1.165) is 0 Å². The first-order valence-electron chi connectivity index (χ1n) is 2.21. The van der Waals surface area contributed by atoms with Crippen molar-refractivity contribution in [2.75, 3.05) is 6.61 Å². The summed E-state index contributed by atoms with van der Waals surface area (Å²) < 4.78 is 4.11. The second-order valence-corrected chi connectivity index (χ2v) is 1.21. The molecule has 0 saturated carbocycles. The lowest BCUT2D eigenvalue weighted by Crippen LogP contribution is -2.15. The zero-order valence-corrected chi connectivity index (χ0v) is 4.32. The highest BCUT2D eigenvalue weighted by Crippen LogP contribution is 1.88. The van der Waals surface area contributed by atoms with E-state index in [1.807, 2.05) is 0 Å². The zero-order chi connectivity index (χ0) is 6.41. The maximum absolute atomic E-state index is 8.48. The van der Waals surface area contributed by atoms with Gasteiger partial charge in [0.25, 0.3) is 0 Å². The lowest BCUT2D eigenvalue weighted by Gasteiger charge is -2.05. The molecule has 0 fully saturated rings. The van der Waals surface area contributed by atoms with Crippen LogP contribution in [0.25, 0.3) is 0 Å². The van der Waals surface area contributed by atoms with Crippen LogP contribution in [-0.2, 0) is 4.65 Å². The Morgan fingerprint density at radius 2 is 2.25 bits per heavy atom. The van der Waals surface area contributed by atoms with Crippen LogP contribution in [-0.4, -0.2) is 35.8 Å². The summed E-state index contributed by atoms with van der Waals surface area (Å²) in [4.78, 5) is 0. The largest absolute Gasteiger partial charge is 0.487 e. The average Bonchev–Trinajstić information content (AvgIpc) is 1.68. The van der Waals surface area contributed by atoms with E-state index >= 15 is 0 Å². The molecule has 0 aliphatic carbocycles. The molecule has 0 aliphatic heterocycles. The Balaban J connectivity index is 2.92. The smallest absolute Gasteiger partial charge is 0.429 e. The van der Waals surface area contributed by atoms with E-state index in [1.165, 1.54) is 0 Å². The highest BCUT2D eigenvalue weighted by molar-refractivity contribution is 6.15. The summed E-state index contributed by atoms with van der Waals surface area (Å²) in [6, 6.07) is 0. The van der Waals surface area contributed by atoms with Crippen LogP contribution in [0, 0.1) is 0 Å². The SMILES string of the molecule is O[B]OC(O)CCO. The minimum atomic E-state index is -1.09. The van der Waals surface area contributed by atoms with Gasteiger partial charge < -0.3 is 19.9 Å². The monoisotopic (exact) mass is 119 g/mol. The molecule has 8 heavy (non-hydrogen) atoms. The summed E-state index contributed by atoms with van der Waals surface area (Å²) in [5.41, 5.74) is 0. The normalized spacial score (nSPS) is 13.4. The van der Waals surface area contributed by atoms with E-state index in [-0.39, 0.29) is 13.0 Å². The van der Waals surface area contributed by atoms with Gasteiger partial charge in [-0.3, -0.25) is 0 Å². The molecule has 0 spiro atoms. The number of hydrogen-bond acceptors (Lipinski definition) is 4. The van der Waals surface area contributed by atoms with E-state index < -0.39 is 6.29 Å². The van der Waals surface area contributed by atoms with Crippen LogP contribution in [0.1, 0.15) is 6.42 Å². The standard InChI is InChI=1S/C3H8BO4/c5-2-1-3(6)8-4-7/h3,5-7H,1-2H2. The van der Waals surface area contributed by atoms with Gasteiger partial charge in [-0.05, 0) is 0 Å². The highest BCUT2D eigenvalue weighted by atomic mass is 16.6. The molecule has 4 nitrogen and oxygen atoms in total. The maximum Gasteiger partial charge on any atom is 0.487 e. The van der Waals surface area contributed by atoms with Gasteiger partial charge in [-0.1, -0.05) is 0 Å². The van der Waals surface area contributed by atoms with Gasteiger partial charge >= 0.3 is 7.69 Å². The maximum atomic E-state index is 8.48. The number of aliphatic hydroxyl groups excluding tert-OH is 2. The minimum Gasteiger partial charge on any atom is -0.429 e. The van der Waals surface area contributed by atoms with Gasteiger partial charge in [0.05, 0.1) is 0 Å². The van der Waals surface area contributed by atoms with Crippen molar-refractivity contribution >= 4 is 7.69 Å². The van der Waals surface area contributed by atoms with Crippen LogP contribution in [0.3, 0.4) is 0 Å². The van der Waals surface area contributed by atoms with Gasteiger partial charge in [-0.15, -0.1) is 0 Å². The summed E-state index contributed by atoms with van der Waals surface area (Å²) in [5.74, 6) is 0. The van der Waals surface area contributed by atoms with E-state index in [0.29, 0.717) is 7.69 Å². The Hall–Kier alpha value is -0.0951. The Bertz CT molecular complexity index is 44.5. The van der Waals surface area contributed by atoms with Crippen molar-refractivity contribution in [1.29, 1.82) is 0 Å². The predicted molar refractivity (Wildman–Crippen MR) is 26.8 cm³/mol. The van der Waals surface area contributed by atoms with Gasteiger partial charge in [-0.25, -0.2) is 0 Å². The first kappa shape index (κ1) is 7.90. The molecule has 0 saturated heterocycles. The molecule has 0 aromatic carbocycles. The van der Waals surface area contributed by atoms with Crippen molar-refractivity contribution in [2.24, 2.45) is 0 Å². The zero-order valence-electron chi connectivity index (χ0n) is 4.32. The molecule has 0 aromatic rings. The molecule has 0 heterocycles. The number of aliphatic hydroxyl groups is 2. The average molecular weight is 119 g/mol. The molecule has 1 unspecified atom stereocenters. The van der Waals surface area contributed by atoms with Crippen LogP contribution in [0.2, 0.25) is 0 Å². The second-order valence-electron chi connectivity index (χ2n) is 1.21. The lowest BCUT2D eigenvalue weighted by atomic mass is 10.4. The summed E-state index contributed by atoms with van der Waals surface area (Å²) in [7, 11) is 0.389. The van der Waals surface area contributed by atoms with Gasteiger partial charge in [0.15, 0.2) is 0 Å². The third kappa shape index (κ3) is 4.07. The quantitative estimate of drug-likeness (QED) is 0.302. The Labute approximate surface area is 48.0 Å². The summed E-state index contributed by atoms with van der Waals surface area (Å²) in [5, 5.41) is 24.5. The van der Waals surface area contributed by atoms with Crippen LogP contribution < -0.4 is 0 Å². The Morgan fingerprint density at radius 3 is 2.62 bits per heavy atom. The van der Waals surface area contributed by atoms with Gasteiger partial charge in [0.1, 0.15) is 6.29 Å². The molecule has 1 atom stereocenters. The first-order chi connectivity index (χ1) is 3.81. The molecule has 47 valence electrons. The van der Waals surface area contributed by atoms with Crippen molar-refractivity contribution in [3.63, 3.8) is 0 Å². The highest BCUT2D eigenvalue weighted by Gasteiger charge is 2.00. The van der Waals surface area contributed by atoms with Gasteiger partial charge in [0.2, 0.25) is 0 Å². The molecule has 0 bridgehead atoms. The van der Waals surface area contributed by atoms with Crippen LogP contribution in [0.5, 0.6) is 0 Å². The van der Waals surface area contributed by atoms with E-state index in [1.54, 1.807) is 0 Å². The number of hydrogen-bond donors (Lipinski definition) is 3. The molecular weight excluding hydrogens is 111 g/mol. The van der Waals surface area contributed by atoms with Crippen LogP contribution in [0.15, 0.2) is 0 Å². The molecular formula is C3H8BO4. The molecule has 0 amide bonds. The fraction of sp³-hybridized carbons (Fsp3) is 1.00. The third-order valence-corrected chi connectivity index (χ3v) is 0.594. The van der Waals surface area contributed by atoms with Gasteiger partial charge in [-0.2, -0.15) is 0 Å². The summed E-state index contributed by atoms with van der Waals surface area (Å²) in [6.07, 6.45) is -0.984. The van der Waals surface area contributed by atoms with Crippen LogP contribution >= 0.6 is 0 Å². The van der Waals surface area contributed by atoms with Crippen molar-refractivity contribution in [3.8, 4) is 0 Å². The Morgan fingerprint density at radius 1 is 1.62 bits per heavy atom. The number of rotatable bonds is 4. The van der Waals surface area contributed by atoms with E-state index in [4.69, 9.17) is 15.2 Å². The Kier molecular flexibility index (Phi) is 4.99. The van der Waals surface area contributed by atoms with Gasteiger partial charge in [0, 0.05) is 13.0 Å². The van der Waals surface area contributed by atoms with Crippen molar-refractivity contribution < 1.29 is 19.9 Å². The second kappa shape index (κ2) is 5.05. The van der Waals surface area contributed by atoms with Crippen molar-refractivity contribution in [1.82, 2.24) is 0 Å².